The van der Waals surface area contributed by atoms with Crippen molar-refractivity contribution in [1.82, 2.24) is 4.31 Å². The summed E-state index contributed by atoms with van der Waals surface area (Å²) in [4.78, 5) is 12.7. The summed E-state index contributed by atoms with van der Waals surface area (Å²) < 4.78 is 37.2. The van der Waals surface area contributed by atoms with Crippen LogP contribution < -0.4 is 15.8 Å². The topological polar surface area (TPSA) is 111 Å². The largest absolute Gasteiger partial charge is 0.497 e. The first-order valence-corrected chi connectivity index (χ1v) is 9.78. The first kappa shape index (κ1) is 22.0. The van der Waals surface area contributed by atoms with Gasteiger partial charge in [-0.3, -0.25) is 4.79 Å². The summed E-state index contributed by atoms with van der Waals surface area (Å²) in [6, 6.07) is 10.8. The molecule has 0 aliphatic carbocycles. The summed E-state index contributed by atoms with van der Waals surface area (Å²) in [6.45, 7) is 1.29. The highest BCUT2D eigenvalue weighted by Crippen LogP contribution is 2.25. The maximum absolute atomic E-state index is 12.8. The molecule has 2 aromatic carbocycles. The van der Waals surface area contributed by atoms with Crippen molar-refractivity contribution in [2.75, 3.05) is 44.5 Å². The van der Waals surface area contributed by atoms with Gasteiger partial charge >= 0.3 is 0 Å². The lowest BCUT2D eigenvalue weighted by Gasteiger charge is -2.26. The van der Waals surface area contributed by atoms with Crippen LogP contribution in [0.25, 0.3) is 0 Å². The zero-order valence-electron chi connectivity index (χ0n) is 15.3. The number of hydrogen-bond donors (Lipinski definition) is 2. The summed E-state index contributed by atoms with van der Waals surface area (Å²) in [7, 11) is -2.17. The van der Waals surface area contributed by atoms with Gasteiger partial charge in [-0.15, -0.1) is 12.4 Å². The summed E-state index contributed by atoms with van der Waals surface area (Å²) >= 11 is 0. The van der Waals surface area contributed by atoms with Crippen LogP contribution in [0.1, 0.15) is 10.4 Å². The van der Waals surface area contributed by atoms with Gasteiger partial charge < -0.3 is 20.5 Å². The molecule has 0 radical (unpaired) electrons. The maximum atomic E-state index is 12.8. The molecule has 3 N–H and O–H groups in total. The maximum Gasteiger partial charge on any atom is 0.255 e. The molecule has 1 aliphatic rings. The quantitative estimate of drug-likeness (QED) is 0.706. The van der Waals surface area contributed by atoms with Gasteiger partial charge in [0.1, 0.15) is 5.75 Å². The Hall–Kier alpha value is -2.33. The lowest BCUT2D eigenvalue weighted by Crippen LogP contribution is -2.40. The molecule has 28 heavy (non-hydrogen) atoms. The predicted molar refractivity (Wildman–Crippen MR) is 109 cm³/mol. The van der Waals surface area contributed by atoms with E-state index in [0.717, 1.165) is 0 Å². The van der Waals surface area contributed by atoms with E-state index in [-0.39, 0.29) is 22.9 Å². The van der Waals surface area contributed by atoms with E-state index in [1.165, 1.54) is 29.6 Å². The first-order valence-electron chi connectivity index (χ1n) is 8.34. The normalized spacial score (nSPS) is 14.8. The Morgan fingerprint density at radius 1 is 1.18 bits per heavy atom. The number of carbonyl (C=O) groups excluding carboxylic acids is 1. The lowest BCUT2D eigenvalue weighted by atomic mass is 10.2. The Morgan fingerprint density at radius 3 is 2.57 bits per heavy atom. The Kier molecular flexibility index (Phi) is 7.25. The highest BCUT2D eigenvalue weighted by Gasteiger charge is 2.26. The van der Waals surface area contributed by atoms with Crippen LogP contribution in [0.4, 0.5) is 11.4 Å². The van der Waals surface area contributed by atoms with Gasteiger partial charge in [-0.05, 0) is 30.3 Å². The first-order chi connectivity index (χ1) is 12.9. The van der Waals surface area contributed by atoms with Crippen LogP contribution in [0.2, 0.25) is 0 Å². The van der Waals surface area contributed by atoms with E-state index in [1.54, 1.807) is 24.3 Å². The van der Waals surface area contributed by atoms with Crippen molar-refractivity contribution < 1.29 is 22.7 Å². The predicted octanol–water partition coefficient (Wildman–Crippen LogP) is 1.97. The molecule has 0 unspecified atom stereocenters. The molecule has 1 heterocycles. The molecule has 3 rings (SSSR count). The number of halogens is 1. The second-order valence-corrected chi connectivity index (χ2v) is 7.89. The number of carbonyl (C=O) groups is 1. The Labute approximate surface area is 170 Å². The second-order valence-electron chi connectivity index (χ2n) is 5.95. The fourth-order valence-corrected chi connectivity index (χ4v) is 4.15. The molecule has 0 atom stereocenters. The van der Waals surface area contributed by atoms with Crippen molar-refractivity contribution in [3.8, 4) is 5.75 Å². The van der Waals surface area contributed by atoms with Crippen LogP contribution >= 0.6 is 12.4 Å². The minimum absolute atomic E-state index is 0. The van der Waals surface area contributed by atoms with Crippen molar-refractivity contribution >= 4 is 39.7 Å². The Bertz CT molecular complexity index is 946. The van der Waals surface area contributed by atoms with Crippen LogP contribution in [-0.4, -0.2) is 52.0 Å². The summed E-state index contributed by atoms with van der Waals surface area (Å²) in [5.74, 6) is 0.0807. The van der Waals surface area contributed by atoms with Crippen molar-refractivity contribution in [1.29, 1.82) is 0 Å². The molecule has 2 aromatic rings. The smallest absolute Gasteiger partial charge is 0.255 e. The van der Waals surface area contributed by atoms with E-state index in [1.807, 2.05) is 0 Å². The molecular weight excluding hydrogens is 406 g/mol. The molecule has 1 fully saturated rings. The second kappa shape index (κ2) is 9.24. The number of hydrogen-bond acceptors (Lipinski definition) is 6. The van der Waals surface area contributed by atoms with E-state index >= 15 is 0 Å². The molecule has 8 nitrogen and oxygen atoms in total. The zero-order valence-corrected chi connectivity index (χ0v) is 16.9. The average Bonchev–Trinajstić information content (AvgIpc) is 2.70. The summed E-state index contributed by atoms with van der Waals surface area (Å²) in [6.07, 6.45) is 0. The van der Waals surface area contributed by atoms with Crippen molar-refractivity contribution in [2.24, 2.45) is 0 Å². The summed E-state index contributed by atoms with van der Waals surface area (Å²) in [5.41, 5.74) is 6.86. The number of nitrogen functional groups attached to an aromatic ring is 1. The van der Waals surface area contributed by atoms with Gasteiger partial charge in [-0.2, -0.15) is 4.31 Å². The van der Waals surface area contributed by atoms with Crippen molar-refractivity contribution in [3.63, 3.8) is 0 Å². The van der Waals surface area contributed by atoms with Gasteiger partial charge in [0, 0.05) is 24.7 Å². The van der Waals surface area contributed by atoms with E-state index in [4.69, 9.17) is 15.2 Å². The number of anilines is 2. The van der Waals surface area contributed by atoms with Gasteiger partial charge in [0.25, 0.3) is 5.91 Å². The molecule has 1 aliphatic heterocycles. The Morgan fingerprint density at radius 2 is 1.89 bits per heavy atom. The third-order valence-electron chi connectivity index (χ3n) is 4.21. The van der Waals surface area contributed by atoms with E-state index in [2.05, 4.69) is 5.32 Å². The minimum Gasteiger partial charge on any atom is -0.497 e. The molecule has 0 aromatic heterocycles. The number of rotatable bonds is 5. The van der Waals surface area contributed by atoms with Crippen LogP contribution in [0, 0.1) is 0 Å². The van der Waals surface area contributed by atoms with Gasteiger partial charge in [-0.25, -0.2) is 8.42 Å². The standard InChI is InChI=1S/C18H21N3O5S.ClH/c1-25-14-5-6-16(19)17(12-14)20-18(22)13-3-2-4-15(11-13)27(23,24)21-7-9-26-10-8-21;/h2-6,11-12H,7-10,19H2,1H3,(H,20,22);1H. The van der Waals surface area contributed by atoms with Gasteiger partial charge in [0.2, 0.25) is 10.0 Å². The van der Waals surface area contributed by atoms with E-state index < -0.39 is 15.9 Å². The molecule has 152 valence electrons. The average molecular weight is 428 g/mol. The van der Waals surface area contributed by atoms with Crippen LogP contribution in [0.3, 0.4) is 0 Å². The third-order valence-corrected chi connectivity index (χ3v) is 6.11. The molecular formula is C18H22ClN3O5S. The number of methoxy groups -OCH3 is 1. The number of nitrogens with one attached hydrogen (secondary N) is 1. The van der Waals surface area contributed by atoms with Crippen LogP contribution in [0.5, 0.6) is 5.75 Å². The number of nitrogens with two attached hydrogens (primary N) is 1. The number of benzene rings is 2. The zero-order chi connectivity index (χ0) is 19.4. The van der Waals surface area contributed by atoms with Crippen molar-refractivity contribution in [3.05, 3.63) is 48.0 Å². The molecule has 1 saturated heterocycles. The fourth-order valence-electron chi connectivity index (χ4n) is 2.70. The number of nitrogens with zero attached hydrogens (tertiary/aromatic N) is 1. The molecule has 10 heteroatoms. The SMILES string of the molecule is COc1ccc(N)c(NC(=O)c2cccc(S(=O)(=O)N3CCOCC3)c2)c1.Cl. The number of morpholine rings is 1. The Balaban J connectivity index is 0.00000280. The minimum atomic E-state index is -3.68. The molecule has 1 amide bonds. The molecule has 0 bridgehead atoms. The molecule has 0 saturated carbocycles. The van der Waals surface area contributed by atoms with Crippen LogP contribution in [0.15, 0.2) is 47.4 Å². The lowest BCUT2D eigenvalue weighted by molar-refractivity contribution is 0.0730. The highest BCUT2D eigenvalue weighted by atomic mass is 35.5. The number of sulfonamides is 1. The van der Waals surface area contributed by atoms with Gasteiger partial charge in [0.15, 0.2) is 0 Å². The van der Waals surface area contributed by atoms with E-state index in [9.17, 15) is 13.2 Å². The monoisotopic (exact) mass is 427 g/mol. The third kappa shape index (κ3) is 4.74. The van der Waals surface area contributed by atoms with Crippen molar-refractivity contribution in [2.45, 2.75) is 4.90 Å². The van der Waals surface area contributed by atoms with Crippen LogP contribution in [-0.2, 0) is 14.8 Å². The number of amides is 1. The van der Waals surface area contributed by atoms with Gasteiger partial charge in [-0.1, -0.05) is 6.07 Å². The summed E-state index contributed by atoms with van der Waals surface area (Å²) in [5, 5.41) is 2.69. The fraction of sp³-hybridized carbons (Fsp3) is 0.278. The highest BCUT2D eigenvalue weighted by molar-refractivity contribution is 7.89. The van der Waals surface area contributed by atoms with E-state index in [0.29, 0.717) is 43.4 Å². The number of ether oxygens (including phenoxy) is 2. The van der Waals surface area contributed by atoms with Gasteiger partial charge in [0.05, 0.1) is 36.6 Å². The molecule has 0 spiro atoms.